The van der Waals surface area contributed by atoms with Crippen molar-refractivity contribution in [2.24, 2.45) is 5.92 Å². The molecule has 2 heterocycles. The molecule has 1 aliphatic rings. The van der Waals surface area contributed by atoms with Crippen LogP contribution in [0.3, 0.4) is 0 Å². The van der Waals surface area contributed by atoms with Gasteiger partial charge in [0.05, 0.1) is 16.7 Å². The zero-order valence-corrected chi connectivity index (χ0v) is 20.8. The number of alkyl halides is 6. The molecular formula is C28H25F6N3O2. The summed E-state index contributed by atoms with van der Waals surface area (Å²) < 4.78 is 79.8. The normalized spacial score (nSPS) is 18.1. The molecule has 5 nitrogen and oxygen atoms in total. The Kier molecular flexibility index (Phi) is 7.99. The van der Waals surface area contributed by atoms with Crippen molar-refractivity contribution in [1.82, 2.24) is 14.8 Å². The monoisotopic (exact) mass is 549 g/mol. The van der Waals surface area contributed by atoms with E-state index in [2.05, 4.69) is 4.98 Å². The Morgan fingerprint density at radius 1 is 0.949 bits per heavy atom. The van der Waals surface area contributed by atoms with Gasteiger partial charge in [-0.15, -0.1) is 0 Å². The molecule has 0 spiro atoms. The summed E-state index contributed by atoms with van der Waals surface area (Å²) in [5, 5.41) is 0. The van der Waals surface area contributed by atoms with E-state index in [1.807, 2.05) is 12.1 Å². The number of rotatable bonds is 5. The van der Waals surface area contributed by atoms with Gasteiger partial charge >= 0.3 is 12.4 Å². The molecule has 11 heteroatoms. The van der Waals surface area contributed by atoms with E-state index in [0.29, 0.717) is 17.7 Å². The molecule has 1 aromatic heterocycles. The Balaban J connectivity index is 1.58. The van der Waals surface area contributed by atoms with Crippen molar-refractivity contribution in [3.05, 3.63) is 101 Å². The molecule has 0 saturated carbocycles. The summed E-state index contributed by atoms with van der Waals surface area (Å²) in [6.07, 6.45) is -6.69. The average molecular weight is 550 g/mol. The number of hydrogen-bond acceptors (Lipinski definition) is 3. The highest BCUT2D eigenvalue weighted by Crippen LogP contribution is 2.38. The lowest BCUT2D eigenvalue weighted by Crippen LogP contribution is -2.47. The molecule has 2 unspecified atom stereocenters. The molecule has 2 atom stereocenters. The fourth-order valence-electron chi connectivity index (χ4n) is 4.89. The van der Waals surface area contributed by atoms with Crippen molar-refractivity contribution in [2.45, 2.75) is 31.2 Å². The van der Waals surface area contributed by atoms with Gasteiger partial charge in [0.1, 0.15) is 0 Å². The summed E-state index contributed by atoms with van der Waals surface area (Å²) >= 11 is 0. The first-order valence-corrected chi connectivity index (χ1v) is 12.1. The predicted molar refractivity (Wildman–Crippen MR) is 130 cm³/mol. The van der Waals surface area contributed by atoms with E-state index in [1.54, 1.807) is 41.4 Å². The Morgan fingerprint density at radius 2 is 1.59 bits per heavy atom. The lowest BCUT2D eigenvalue weighted by atomic mass is 9.79. The van der Waals surface area contributed by atoms with Crippen LogP contribution in [0.15, 0.2) is 73.1 Å². The third kappa shape index (κ3) is 6.58. The molecule has 206 valence electrons. The lowest BCUT2D eigenvalue weighted by molar-refractivity contribution is -0.143. The fraction of sp³-hybridized carbons (Fsp3) is 0.321. The Hall–Kier alpha value is -3.89. The van der Waals surface area contributed by atoms with E-state index in [4.69, 9.17) is 0 Å². The van der Waals surface area contributed by atoms with Crippen LogP contribution in [0.4, 0.5) is 26.3 Å². The highest BCUT2D eigenvalue weighted by molar-refractivity contribution is 5.94. The highest BCUT2D eigenvalue weighted by Gasteiger charge is 2.39. The number of pyridine rings is 1. The molecule has 2 aromatic carbocycles. The summed E-state index contributed by atoms with van der Waals surface area (Å²) in [6.45, 7) is 0.0228. The Labute approximate surface area is 221 Å². The summed E-state index contributed by atoms with van der Waals surface area (Å²) in [7, 11) is 1.35. The Bertz CT molecular complexity index is 1280. The summed E-state index contributed by atoms with van der Waals surface area (Å²) in [5.41, 5.74) is -1.95. The van der Waals surface area contributed by atoms with Crippen LogP contribution >= 0.6 is 0 Å². The maximum atomic E-state index is 13.6. The van der Waals surface area contributed by atoms with E-state index >= 15 is 0 Å². The van der Waals surface area contributed by atoms with Crippen LogP contribution in [0.1, 0.15) is 45.0 Å². The second-order valence-electron chi connectivity index (χ2n) is 9.51. The molecule has 1 fully saturated rings. The fourth-order valence-corrected chi connectivity index (χ4v) is 4.89. The predicted octanol–water partition coefficient (Wildman–Crippen LogP) is 6.02. The lowest BCUT2D eigenvalue weighted by Gasteiger charge is -2.39. The van der Waals surface area contributed by atoms with Crippen molar-refractivity contribution >= 4 is 11.8 Å². The van der Waals surface area contributed by atoms with E-state index in [-0.39, 0.29) is 37.0 Å². The van der Waals surface area contributed by atoms with Crippen LogP contribution in [0.2, 0.25) is 0 Å². The number of aromatic nitrogens is 1. The van der Waals surface area contributed by atoms with Gasteiger partial charge in [0.15, 0.2) is 0 Å². The van der Waals surface area contributed by atoms with Gasteiger partial charge in [-0.05, 0) is 47.9 Å². The molecule has 0 bridgehead atoms. The highest BCUT2D eigenvalue weighted by atomic mass is 19.4. The molecule has 1 aliphatic heterocycles. The molecule has 4 rings (SSSR count). The van der Waals surface area contributed by atoms with Crippen LogP contribution in [0.5, 0.6) is 0 Å². The number of carbonyl (C=O) groups is 2. The zero-order chi connectivity index (χ0) is 28.4. The van der Waals surface area contributed by atoms with Gasteiger partial charge in [-0.2, -0.15) is 26.3 Å². The van der Waals surface area contributed by atoms with Crippen LogP contribution in [-0.4, -0.2) is 46.7 Å². The minimum atomic E-state index is -4.98. The van der Waals surface area contributed by atoms with Gasteiger partial charge in [0.2, 0.25) is 5.91 Å². The van der Waals surface area contributed by atoms with E-state index in [1.165, 1.54) is 13.2 Å². The third-order valence-corrected chi connectivity index (χ3v) is 6.80. The van der Waals surface area contributed by atoms with Gasteiger partial charge in [-0.25, -0.2) is 0 Å². The van der Waals surface area contributed by atoms with Crippen molar-refractivity contribution in [3.8, 4) is 0 Å². The number of halogens is 6. The van der Waals surface area contributed by atoms with E-state index < -0.39 is 47.8 Å². The van der Waals surface area contributed by atoms with Gasteiger partial charge < -0.3 is 9.80 Å². The van der Waals surface area contributed by atoms with Gasteiger partial charge in [0, 0.05) is 50.9 Å². The van der Waals surface area contributed by atoms with Gasteiger partial charge in [-0.3, -0.25) is 14.6 Å². The SMILES string of the molecule is CN(Cc1cc(C(F)(F)F)cc(C(F)(F)F)c1)C(=O)C1CCN(C(=O)c2cccnc2)CC1c1ccccc1. The maximum absolute atomic E-state index is 13.6. The first-order valence-electron chi connectivity index (χ1n) is 12.1. The average Bonchev–Trinajstić information content (AvgIpc) is 2.91. The van der Waals surface area contributed by atoms with Crippen LogP contribution in [0, 0.1) is 5.92 Å². The number of likely N-dealkylation sites (tertiary alicyclic amines) is 1. The molecule has 1 saturated heterocycles. The van der Waals surface area contributed by atoms with Crippen LogP contribution in [-0.2, 0) is 23.7 Å². The molecule has 0 aliphatic carbocycles. The third-order valence-electron chi connectivity index (χ3n) is 6.80. The topological polar surface area (TPSA) is 53.5 Å². The van der Waals surface area contributed by atoms with Crippen LogP contribution < -0.4 is 0 Å². The number of benzene rings is 2. The zero-order valence-electron chi connectivity index (χ0n) is 20.8. The van der Waals surface area contributed by atoms with Crippen molar-refractivity contribution in [2.75, 3.05) is 20.1 Å². The molecule has 0 radical (unpaired) electrons. The summed E-state index contributed by atoms with van der Waals surface area (Å²) in [5.74, 6) is -1.73. The largest absolute Gasteiger partial charge is 0.416 e. The Morgan fingerprint density at radius 3 is 2.15 bits per heavy atom. The first-order chi connectivity index (χ1) is 18.3. The van der Waals surface area contributed by atoms with Crippen molar-refractivity contribution in [1.29, 1.82) is 0 Å². The number of amides is 2. The van der Waals surface area contributed by atoms with Crippen molar-refractivity contribution in [3.63, 3.8) is 0 Å². The van der Waals surface area contributed by atoms with Gasteiger partial charge in [-0.1, -0.05) is 30.3 Å². The summed E-state index contributed by atoms with van der Waals surface area (Å²) in [4.78, 5) is 33.4. The smallest absolute Gasteiger partial charge is 0.341 e. The van der Waals surface area contributed by atoms with Gasteiger partial charge in [0.25, 0.3) is 5.91 Å². The van der Waals surface area contributed by atoms with Crippen LogP contribution in [0.25, 0.3) is 0 Å². The molecule has 0 N–H and O–H groups in total. The number of carbonyl (C=O) groups excluding carboxylic acids is 2. The standard InChI is InChI=1S/C28H25F6N3O2/c1-36(16-18-12-21(27(29,30)31)14-22(13-18)28(32,33)34)26(39)23-9-11-37(25(38)20-8-5-10-35-15-20)17-24(23)19-6-3-2-4-7-19/h2-8,10,12-15,23-24H,9,11,16-17H2,1H3. The molecular weight excluding hydrogens is 524 g/mol. The second kappa shape index (κ2) is 11.1. The van der Waals surface area contributed by atoms with E-state index in [0.717, 1.165) is 10.5 Å². The van der Waals surface area contributed by atoms with E-state index in [9.17, 15) is 35.9 Å². The molecule has 2 amide bonds. The maximum Gasteiger partial charge on any atom is 0.416 e. The number of piperidine rings is 1. The summed E-state index contributed by atoms with van der Waals surface area (Å²) in [6, 6.07) is 13.6. The minimum absolute atomic E-state index is 0.0613. The molecule has 39 heavy (non-hydrogen) atoms. The number of nitrogens with zero attached hydrogens (tertiary/aromatic N) is 3. The first kappa shape index (κ1) is 28.1. The second-order valence-corrected chi connectivity index (χ2v) is 9.51. The molecule has 3 aromatic rings. The quantitative estimate of drug-likeness (QED) is 0.366. The van der Waals surface area contributed by atoms with Crippen molar-refractivity contribution < 1.29 is 35.9 Å². The minimum Gasteiger partial charge on any atom is -0.341 e. The number of hydrogen-bond donors (Lipinski definition) is 0.